The van der Waals surface area contributed by atoms with Gasteiger partial charge in [0.15, 0.2) is 5.71 Å². The van der Waals surface area contributed by atoms with Crippen LogP contribution < -0.4 is 10.6 Å². The molecule has 2 aliphatic heterocycles. The number of carboxylic acid groups (broad SMARTS) is 1. The molecule has 2 aliphatic rings. The number of phenols is 1. The molecular formula is C20H16Cl4N4O9S. The number of benzene rings is 1. The monoisotopic (exact) mass is 628 g/mol. The molecule has 0 bridgehead atoms. The topological polar surface area (TPSA) is 184 Å². The molecule has 0 aromatic heterocycles. The van der Waals surface area contributed by atoms with Gasteiger partial charge in [-0.1, -0.05) is 51.6 Å². The van der Waals surface area contributed by atoms with E-state index < -0.39 is 57.3 Å². The molecule has 1 aromatic carbocycles. The summed E-state index contributed by atoms with van der Waals surface area (Å²) >= 11 is 23.0. The van der Waals surface area contributed by atoms with Gasteiger partial charge in [0.05, 0.1) is 5.02 Å². The number of alkyl carbamates (subject to hydrolysis) is 1. The molecule has 0 radical (unpaired) electrons. The number of rotatable bonds is 7. The third-order valence-corrected chi connectivity index (χ3v) is 7.16. The van der Waals surface area contributed by atoms with Gasteiger partial charge in [0.1, 0.15) is 36.6 Å². The highest BCUT2D eigenvalue weighted by atomic mass is 35.6. The van der Waals surface area contributed by atoms with Crippen molar-refractivity contribution in [3.63, 3.8) is 0 Å². The second-order valence-electron chi connectivity index (χ2n) is 7.43. The molecule has 1 aromatic rings. The standard InChI is InChI=1S/C20H16Cl4N4O9S/c1-36-27-11(7-2-3-10(29)9(21)4-7)14(30)25-12-15(31)28-13(17(32)33)8(6-38-16(12)28)5-37-19(35)26-18(34)20(22,23)24/h2-4,12,16,29H,5-6H2,1H3,(H,25,30)(H,32,33)(H,26,34,35)/t12?,16-/m1/s1. The van der Waals surface area contributed by atoms with Crippen LogP contribution >= 0.6 is 58.2 Å². The molecule has 38 heavy (non-hydrogen) atoms. The van der Waals surface area contributed by atoms with E-state index in [0.717, 1.165) is 16.7 Å². The Kier molecular flexibility index (Phi) is 9.26. The number of phenolic OH excluding ortho intramolecular Hbond substituents is 1. The minimum Gasteiger partial charge on any atom is -0.506 e. The first-order chi connectivity index (χ1) is 17.8. The molecule has 4 amide bonds. The Morgan fingerprint density at radius 3 is 2.53 bits per heavy atom. The van der Waals surface area contributed by atoms with Gasteiger partial charge < -0.3 is 25.1 Å². The zero-order valence-corrected chi connectivity index (χ0v) is 22.7. The summed E-state index contributed by atoms with van der Waals surface area (Å²) in [6.45, 7) is -0.590. The minimum absolute atomic E-state index is 0.000715. The Hall–Kier alpha value is -2.91. The number of β-lactam (4-membered cyclic amide) rings is 1. The minimum atomic E-state index is -2.43. The van der Waals surface area contributed by atoms with Crippen LogP contribution in [-0.2, 0) is 28.8 Å². The fourth-order valence-corrected chi connectivity index (χ4v) is 4.98. The lowest BCUT2D eigenvalue weighted by molar-refractivity contribution is -0.150. The quantitative estimate of drug-likeness (QED) is 0.150. The number of carboxylic acids is 1. The molecule has 4 N–H and O–H groups in total. The Morgan fingerprint density at radius 1 is 1.26 bits per heavy atom. The molecule has 2 atom stereocenters. The number of nitrogens with one attached hydrogen (secondary N) is 2. The maximum absolute atomic E-state index is 12.9. The molecule has 0 aliphatic carbocycles. The number of thioether (sulfide) groups is 1. The van der Waals surface area contributed by atoms with Crippen molar-refractivity contribution in [2.45, 2.75) is 15.2 Å². The molecule has 13 nitrogen and oxygen atoms in total. The number of ether oxygens (including phenoxy) is 1. The van der Waals surface area contributed by atoms with Crippen molar-refractivity contribution in [2.24, 2.45) is 5.16 Å². The van der Waals surface area contributed by atoms with Crippen LogP contribution in [0.5, 0.6) is 5.75 Å². The number of aromatic hydroxyl groups is 1. The van der Waals surface area contributed by atoms with Crippen LogP contribution in [0.2, 0.25) is 5.02 Å². The number of amides is 4. The van der Waals surface area contributed by atoms with E-state index in [-0.39, 0.29) is 33.4 Å². The van der Waals surface area contributed by atoms with E-state index in [4.69, 9.17) is 56.0 Å². The number of imide groups is 1. The van der Waals surface area contributed by atoms with Gasteiger partial charge in [-0.2, -0.15) is 0 Å². The van der Waals surface area contributed by atoms with Crippen LogP contribution in [0.4, 0.5) is 4.79 Å². The second-order valence-corrected chi connectivity index (χ2v) is 11.2. The van der Waals surface area contributed by atoms with E-state index in [1.54, 1.807) is 5.32 Å². The van der Waals surface area contributed by atoms with Gasteiger partial charge in [0.2, 0.25) is 0 Å². The van der Waals surface area contributed by atoms with Gasteiger partial charge in [-0.15, -0.1) is 11.8 Å². The predicted molar refractivity (Wildman–Crippen MR) is 136 cm³/mol. The van der Waals surface area contributed by atoms with Crippen molar-refractivity contribution in [1.29, 1.82) is 0 Å². The van der Waals surface area contributed by atoms with Gasteiger partial charge in [-0.25, -0.2) is 9.59 Å². The summed E-state index contributed by atoms with van der Waals surface area (Å²) in [6, 6.07) is 2.75. The summed E-state index contributed by atoms with van der Waals surface area (Å²) in [6.07, 6.45) is -1.30. The number of hydrogen-bond donors (Lipinski definition) is 4. The smallest absolute Gasteiger partial charge is 0.414 e. The second kappa shape index (κ2) is 11.9. The van der Waals surface area contributed by atoms with Crippen molar-refractivity contribution in [3.05, 3.63) is 40.1 Å². The lowest BCUT2D eigenvalue weighted by Gasteiger charge is -2.49. The van der Waals surface area contributed by atoms with E-state index in [1.165, 1.54) is 25.3 Å². The Bertz CT molecular complexity index is 1270. The number of alkyl halides is 3. The molecular weight excluding hydrogens is 614 g/mol. The van der Waals surface area contributed by atoms with Gasteiger partial charge >= 0.3 is 12.1 Å². The third kappa shape index (κ3) is 6.38. The lowest BCUT2D eigenvalue weighted by Crippen LogP contribution is -2.71. The lowest BCUT2D eigenvalue weighted by atomic mass is 10.0. The summed E-state index contributed by atoms with van der Waals surface area (Å²) in [7, 11) is 1.20. The number of carbonyl (C=O) groups is 5. The molecule has 1 saturated heterocycles. The molecule has 1 unspecified atom stereocenters. The summed E-state index contributed by atoms with van der Waals surface area (Å²) in [5.41, 5.74) is -0.460. The molecule has 204 valence electrons. The Morgan fingerprint density at radius 2 is 1.95 bits per heavy atom. The van der Waals surface area contributed by atoms with E-state index >= 15 is 0 Å². The summed E-state index contributed by atoms with van der Waals surface area (Å²) < 4.78 is 2.41. The highest BCUT2D eigenvalue weighted by molar-refractivity contribution is 8.00. The van der Waals surface area contributed by atoms with Gasteiger partial charge in [0, 0.05) is 16.9 Å². The largest absolute Gasteiger partial charge is 0.506 e. The van der Waals surface area contributed by atoms with Crippen LogP contribution in [0.15, 0.2) is 34.6 Å². The van der Waals surface area contributed by atoms with Crippen molar-refractivity contribution < 1.29 is 43.8 Å². The number of halogens is 4. The van der Waals surface area contributed by atoms with Crippen LogP contribution in [0.1, 0.15) is 5.56 Å². The normalized spacial score (nSPS) is 19.2. The molecule has 1 fully saturated rings. The van der Waals surface area contributed by atoms with Crippen LogP contribution in [0, 0.1) is 0 Å². The van der Waals surface area contributed by atoms with Crippen molar-refractivity contribution in [1.82, 2.24) is 15.5 Å². The highest BCUT2D eigenvalue weighted by Crippen LogP contribution is 2.40. The SMILES string of the molecule is CON=C(C(=O)NC1C(=O)N2C(C(=O)O)=C(COC(=O)NC(=O)C(Cl)(Cl)Cl)CS[C@H]12)c1ccc(O)c(Cl)c1. The fourth-order valence-electron chi connectivity index (χ4n) is 3.33. The van der Waals surface area contributed by atoms with Crippen LogP contribution in [0.3, 0.4) is 0 Å². The summed E-state index contributed by atoms with van der Waals surface area (Å²) in [5.74, 6) is -4.55. The fraction of sp³-hybridized carbons (Fsp3) is 0.300. The number of hydrogen-bond acceptors (Lipinski definition) is 10. The summed E-state index contributed by atoms with van der Waals surface area (Å²) in [5, 5.41) is 26.3. The maximum Gasteiger partial charge on any atom is 0.414 e. The van der Waals surface area contributed by atoms with E-state index in [1.807, 2.05) is 0 Å². The van der Waals surface area contributed by atoms with Crippen LogP contribution in [0.25, 0.3) is 0 Å². The van der Waals surface area contributed by atoms with Gasteiger partial charge in [-0.05, 0) is 18.2 Å². The molecule has 2 heterocycles. The highest BCUT2D eigenvalue weighted by Gasteiger charge is 2.54. The molecule has 18 heteroatoms. The first kappa shape index (κ1) is 29.6. The number of nitrogens with zero attached hydrogens (tertiary/aromatic N) is 2. The Balaban J connectivity index is 1.72. The van der Waals surface area contributed by atoms with Crippen molar-refractivity contribution in [2.75, 3.05) is 19.5 Å². The van der Waals surface area contributed by atoms with Crippen molar-refractivity contribution >= 4 is 93.7 Å². The molecule has 0 spiro atoms. The van der Waals surface area contributed by atoms with E-state index in [9.17, 15) is 34.2 Å². The zero-order chi connectivity index (χ0) is 28.4. The Labute approximate surface area is 238 Å². The molecule has 0 saturated carbocycles. The zero-order valence-electron chi connectivity index (χ0n) is 18.9. The first-order valence-corrected chi connectivity index (χ1v) is 12.7. The third-order valence-electron chi connectivity index (χ3n) is 5.01. The van der Waals surface area contributed by atoms with Crippen LogP contribution in [-0.4, -0.2) is 85.3 Å². The van der Waals surface area contributed by atoms with E-state index in [0.29, 0.717) is 0 Å². The summed E-state index contributed by atoms with van der Waals surface area (Å²) in [4.78, 5) is 66.7. The average Bonchev–Trinajstić information content (AvgIpc) is 2.84. The van der Waals surface area contributed by atoms with Gasteiger partial charge in [0.25, 0.3) is 21.5 Å². The van der Waals surface area contributed by atoms with Gasteiger partial charge in [-0.3, -0.25) is 24.6 Å². The first-order valence-electron chi connectivity index (χ1n) is 10.1. The molecule has 3 rings (SSSR count). The van der Waals surface area contributed by atoms with E-state index in [2.05, 4.69) is 10.5 Å². The van der Waals surface area contributed by atoms with Crippen molar-refractivity contribution in [3.8, 4) is 5.75 Å². The maximum atomic E-state index is 12.9. The predicted octanol–water partition coefficient (Wildman–Crippen LogP) is 1.76. The number of oxime groups is 1. The number of carbonyl (C=O) groups excluding carboxylic acids is 4. The average molecular weight is 630 g/mol. The number of fused-ring (bicyclic) bond motifs is 1. The number of aliphatic carboxylic acids is 1.